The Kier molecular flexibility index (Phi) is 2.56. The van der Waals surface area contributed by atoms with Crippen LogP contribution in [0.5, 0.6) is 0 Å². The van der Waals surface area contributed by atoms with Gasteiger partial charge in [0.25, 0.3) is 0 Å². The van der Waals surface area contributed by atoms with Crippen molar-refractivity contribution < 1.29 is 0 Å². The summed E-state index contributed by atoms with van der Waals surface area (Å²) in [6.07, 6.45) is 1.24. The van der Waals surface area contributed by atoms with Crippen molar-refractivity contribution in [1.82, 2.24) is 5.32 Å². The number of benzene rings is 2. The molecule has 2 aliphatic rings. The summed E-state index contributed by atoms with van der Waals surface area (Å²) in [6, 6.07) is 20.5. The van der Waals surface area contributed by atoms with Crippen molar-refractivity contribution in [3.63, 3.8) is 0 Å². The van der Waals surface area contributed by atoms with Gasteiger partial charge in [0.1, 0.15) is 0 Å². The van der Waals surface area contributed by atoms with Gasteiger partial charge in [-0.25, -0.2) is 0 Å². The zero-order valence-electron chi connectivity index (χ0n) is 10.8. The number of anilines is 1. The molecule has 2 aromatic carbocycles. The highest BCUT2D eigenvalue weighted by atomic mass is 15.0. The molecule has 1 fully saturated rings. The van der Waals surface area contributed by atoms with Crippen molar-refractivity contribution in [2.75, 3.05) is 11.9 Å². The quantitative estimate of drug-likeness (QED) is 0.809. The van der Waals surface area contributed by atoms with E-state index in [0.29, 0.717) is 18.0 Å². The Balaban J connectivity index is 1.79. The van der Waals surface area contributed by atoms with Gasteiger partial charge in [0.2, 0.25) is 0 Å². The number of rotatable bonds is 1. The Labute approximate surface area is 113 Å². The Morgan fingerprint density at radius 3 is 2.53 bits per heavy atom. The fourth-order valence-electron chi connectivity index (χ4n) is 3.59. The Hall–Kier alpha value is -1.80. The van der Waals surface area contributed by atoms with Crippen LogP contribution in [-0.4, -0.2) is 6.54 Å². The number of hydrogen-bond donors (Lipinski definition) is 2. The smallest absolute Gasteiger partial charge is 0.0560 e. The molecule has 0 spiro atoms. The first-order chi connectivity index (χ1) is 9.43. The van der Waals surface area contributed by atoms with Gasteiger partial charge in [-0.05, 0) is 30.2 Å². The fourth-order valence-corrected chi connectivity index (χ4v) is 3.59. The summed E-state index contributed by atoms with van der Waals surface area (Å²) in [7, 11) is 0. The number of fused-ring (bicyclic) bond motifs is 3. The van der Waals surface area contributed by atoms with E-state index in [4.69, 9.17) is 0 Å². The third-order valence-electron chi connectivity index (χ3n) is 4.46. The van der Waals surface area contributed by atoms with E-state index in [1.54, 1.807) is 0 Å². The largest absolute Gasteiger partial charge is 0.378 e. The van der Waals surface area contributed by atoms with E-state index >= 15 is 0 Å². The van der Waals surface area contributed by atoms with Crippen LogP contribution in [0.15, 0.2) is 54.6 Å². The van der Waals surface area contributed by atoms with Crippen LogP contribution in [0.1, 0.15) is 29.6 Å². The minimum Gasteiger partial charge on any atom is -0.378 e. The molecule has 19 heavy (non-hydrogen) atoms. The third-order valence-corrected chi connectivity index (χ3v) is 4.46. The topological polar surface area (TPSA) is 24.1 Å². The van der Waals surface area contributed by atoms with Gasteiger partial charge in [-0.1, -0.05) is 48.5 Å². The molecule has 2 aliphatic heterocycles. The molecule has 2 heteroatoms. The number of hydrogen-bond acceptors (Lipinski definition) is 2. The predicted octanol–water partition coefficient (Wildman–Crippen LogP) is 3.50. The average Bonchev–Trinajstić information content (AvgIpc) is 2.97. The summed E-state index contributed by atoms with van der Waals surface area (Å²) >= 11 is 0. The molecule has 2 N–H and O–H groups in total. The van der Waals surface area contributed by atoms with Gasteiger partial charge in [0.05, 0.1) is 6.04 Å². The summed E-state index contributed by atoms with van der Waals surface area (Å²) in [5.41, 5.74) is 4.11. The van der Waals surface area contributed by atoms with Gasteiger partial charge in [-0.15, -0.1) is 0 Å². The maximum Gasteiger partial charge on any atom is 0.0560 e. The molecule has 1 saturated heterocycles. The lowest BCUT2D eigenvalue weighted by molar-refractivity contribution is 0.391. The molecule has 0 radical (unpaired) electrons. The number of para-hydroxylation sites is 1. The molecule has 3 atom stereocenters. The molecule has 2 aromatic rings. The van der Waals surface area contributed by atoms with Gasteiger partial charge in [-0.2, -0.15) is 0 Å². The molecule has 0 aliphatic carbocycles. The summed E-state index contributed by atoms with van der Waals surface area (Å²) in [6.45, 7) is 1.12. The maximum absolute atomic E-state index is 3.74. The van der Waals surface area contributed by atoms with Crippen LogP contribution in [0.25, 0.3) is 0 Å². The zero-order valence-corrected chi connectivity index (χ0v) is 10.8. The van der Waals surface area contributed by atoms with E-state index in [0.717, 1.165) is 6.54 Å². The van der Waals surface area contributed by atoms with Gasteiger partial charge in [0, 0.05) is 17.6 Å². The van der Waals surface area contributed by atoms with E-state index in [9.17, 15) is 0 Å². The average molecular weight is 250 g/mol. The molecular weight excluding hydrogens is 232 g/mol. The monoisotopic (exact) mass is 250 g/mol. The van der Waals surface area contributed by atoms with Crippen molar-refractivity contribution in [2.24, 2.45) is 5.92 Å². The zero-order chi connectivity index (χ0) is 12.7. The molecule has 2 heterocycles. The predicted molar refractivity (Wildman–Crippen MR) is 78.1 cm³/mol. The molecule has 2 nitrogen and oxygen atoms in total. The van der Waals surface area contributed by atoms with Crippen LogP contribution in [0.4, 0.5) is 5.69 Å². The summed E-state index contributed by atoms with van der Waals surface area (Å²) in [5, 5.41) is 7.42. The van der Waals surface area contributed by atoms with Crippen molar-refractivity contribution in [1.29, 1.82) is 0 Å². The molecule has 0 bridgehead atoms. The van der Waals surface area contributed by atoms with Gasteiger partial charge >= 0.3 is 0 Å². The van der Waals surface area contributed by atoms with E-state index in [1.807, 2.05) is 0 Å². The van der Waals surface area contributed by atoms with Crippen molar-refractivity contribution in [3.8, 4) is 0 Å². The summed E-state index contributed by atoms with van der Waals surface area (Å²) < 4.78 is 0. The third kappa shape index (κ3) is 1.75. The Morgan fingerprint density at radius 1 is 0.842 bits per heavy atom. The second kappa shape index (κ2) is 4.39. The lowest BCUT2D eigenvalue weighted by Gasteiger charge is -2.37. The van der Waals surface area contributed by atoms with Crippen molar-refractivity contribution in [3.05, 3.63) is 65.7 Å². The van der Waals surface area contributed by atoms with Crippen LogP contribution in [0.3, 0.4) is 0 Å². The molecular formula is C17H18N2. The van der Waals surface area contributed by atoms with E-state index in [1.165, 1.54) is 23.2 Å². The van der Waals surface area contributed by atoms with Crippen LogP contribution in [0.2, 0.25) is 0 Å². The summed E-state index contributed by atoms with van der Waals surface area (Å²) in [4.78, 5) is 0. The molecule has 96 valence electrons. The normalized spacial score (nSPS) is 28.3. The van der Waals surface area contributed by atoms with Crippen molar-refractivity contribution >= 4 is 5.69 Å². The minimum absolute atomic E-state index is 0.427. The lowest BCUT2D eigenvalue weighted by atomic mass is 9.80. The maximum atomic E-state index is 3.74. The molecule has 0 amide bonds. The van der Waals surface area contributed by atoms with Crippen LogP contribution in [-0.2, 0) is 0 Å². The molecule has 0 saturated carbocycles. The SMILES string of the molecule is c1ccc([C@H]2Nc3ccccc3C3NCC[C@H]32)cc1. The first-order valence-electron chi connectivity index (χ1n) is 7.07. The lowest BCUT2D eigenvalue weighted by Crippen LogP contribution is -2.32. The van der Waals surface area contributed by atoms with E-state index < -0.39 is 0 Å². The molecule has 0 aromatic heterocycles. The molecule has 1 unspecified atom stereocenters. The van der Waals surface area contributed by atoms with Gasteiger partial charge in [0.15, 0.2) is 0 Å². The second-order valence-corrected chi connectivity index (χ2v) is 5.50. The highest BCUT2D eigenvalue weighted by molar-refractivity contribution is 5.57. The standard InChI is InChI=1S/C17H18N2/c1-2-6-12(7-3-1)16-14-10-11-18-17(14)13-8-4-5-9-15(13)19-16/h1-9,14,16-19H,10-11H2/t14-,16+,17?/m0/s1. The minimum atomic E-state index is 0.427. The summed E-state index contributed by atoms with van der Waals surface area (Å²) in [5.74, 6) is 0.650. The first-order valence-corrected chi connectivity index (χ1v) is 7.07. The van der Waals surface area contributed by atoms with Gasteiger partial charge < -0.3 is 10.6 Å². The Morgan fingerprint density at radius 2 is 1.63 bits per heavy atom. The molecule has 4 rings (SSSR count). The highest BCUT2D eigenvalue weighted by Crippen LogP contribution is 2.46. The van der Waals surface area contributed by atoms with Crippen LogP contribution < -0.4 is 10.6 Å². The Bertz CT molecular complexity index is 579. The highest BCUT2D eigenvalue weighted by Gasteiger charge is 2.39. The van der Waals surface area contributed by atoms with E-state index in [2.05, 4.69) is 65.2 Å². The number of nitrogens with one attached hydrogen (secondary N) is 2. The second-order valence-electron chi connectivity index (χ2n) is 5.50. The van der Waals surface area contributed by atoms with Crippen LogP contribution >= 0.6 is 0 Å². The van der Waals surface area contributed by atoms with Crippen molar-refractivity contribution in [2.45, 2.75) is 18.5 Å². The van der Waals surface area contributed by atoms with Crippen LogP contribution in [0, 0.1) is 5.92 Å². The van der Waals surface area contributed by atoms with E-state index in [-0.39, 0.29) is 0 Å². The van der Waals surface area contributed by atoms with Gasteiger partial charge in [-0.3, -0.25) is 0 Å². The first kappa shape index (κ1) is 11.1. The fraction of sp³-hybridized carbons (Fsp3) is 0.294.